The SMILES string of the molecule is Cc1cccc(OCC(=O)Nc2nc(-c3cccc([N+](=O)[O-])c3)cs2)c1. The molecule has 0 fully saturated rings. The Bertz CT molecular complexity index is 955. The molecule has 132 valence electrons. The number of anilines is 1. The van der Waals surface area contributed by atoms with Crippen molar-refractivity contribution in [2.45, 2.75) is 6.92 Å². The molecule has 0 radical (unpaired) electrons. The van der Waals surface area contributed by atoms with E-state index in [0.29, 0.717) is 22.1 Å². The van der Waals surface area contributed by atoms with Crippen LogP contribution in [-0.2, 0) is 4.79 Å². The smallest absolute Gasteiger partial charge is 0.270 e. The molecule has 1 amide bonds. The number of nitrogens with one attached hydrogen (secondary N) is 1. The standard InChI is InChI=1S/C18H15N3O4S/c1-12-4-2-7-15(8-12)25-10-17(22)20-18-19-16(11-26-18)13-5-3-6-14(9-13)21(23)24/h2-9,11H,10H2,1H3,(H,19,20,22). The van der Waals surface area contributed by atoms with E-state index in [2.05, 4.69) is 10.3 Å². The van der Waals surface area contributed by atoms with Gasteiger partial charge in [0.2, 0.25) is 0 Å². The van der Waals surface area contributed by atoms with Crippen LogP contribution in [0.4, 0.5) is 10.8 Å². The molecule has 1 N–H and O–H groups in total. The molecular weight excluding hydrogens is 354 g/mol. The van der Waals surface area contributed by atoms with Crippen molar-refractivity contribution < 1.29 is 14.5 Å². The number of amides is 1. The maximum absolute atomic E-state index is 12.0. The normalized spacial score (nSPS) is 10.3. The van der Waals surface area contributed by atoms with Gasteiger partial charge in [0.25, 0.3) is 11.6 Å². The van der Waals surface area contributed by atoms with Gasteiger partial charge in [-0.05, 0) is 24.6 Å². The summed E-state index contributed by atoms with van der Waals surface area (Å²) in [6.45, 7) is 1.81. The molecule has 0 aliphatic rings. The summed E-state index contributed by atoms with van der Waals surface area (Å²) in [5, 5.41) is 15.7. The summed E-state index contributed by atoms with van der Waals surface area (Å²) in [5.74, 6) is 0.294. The number of rotatable bonds is 6. The number of ether oxygens (including phenoxy) is 1. The number of non-ortho nitro benzene ring substituents is 1. The zero-order valence-corrected chi connectivity index (χ0v) is 14.7. The Morgan fingerprint density at radius 3 is 2.85 bits per heavy atom. The minimum absolute atomic E-state index is 0.00681. The molecule has 0 aliphatic heterocycles. The molecule has 1 heterocycles. The molecule has 0 unspecified atom stereocenters. The molecule has 0 saturated carbocycles. The average molecular weight is 369 g/mol. The van der Waals surface area contributed by atoms with Crippen LogP contribution in [0.15, 0.2) is 53.9 Å². The van der Waals surface area contributed by atoms with Crippen molar-refractivity contribution in [1.82, 2.24) is 4.98 Å². The van der Waals surface area contributed by atoms with Crippen LogP contribution < -0.4 is 10.1 Å². The molecule has 3 rings (SSSR count). The number of thiazole rings is 1. The predicted molar refractivity (Wildman–Crippen MR) is 99.5 cm³/mol. The van der Waals surface area contributed by atoms with Crippen molar-refractivity contribution >= 4 is 28.1 Å². The number of nitro benzene ring substituents is 1. The number of aromatic nitrogens is 1. The zero-order chi connectivity index (χ0) is 18.5. The third-order valence-corrected chi connectivity index (χ3v) is 4.22. The fraction of sp³-hybridized carbons (Fsp3) is 0.111. The van der Waals surface area contributed by atoms with Gasteiger partial charge in [0.1, 0.15) is 5.75 Å². The quantitative estimate of drug-likeness (QED) is 0.523. The topological polar surface area (TPSA) is 94.4 Å². The van der Waals surface area contributed by atoms with Crippen molar-refractivity contribution in [3.63, 3.8) is 0 Å². The van der Waals surface area contributed by atoms with Crippen LogP contribution in [0.3, 0.4) is 0 Å². The van der Waals surface area contributed by atoms with Crippen molar-refractivity contribution in [2.24, 2.45) is 0 Å². The van der Waals surface area contributed by atoms with Gasteiger partial charge in [0.15, 0.2) is 11.7 Å². The maximum Gasteiger partial charge on any atom is 0.270 e. The lowest BCUT2D eigenvalue weighted by Crippen LogP contribution is -2.20. The molecule has 0 bridgehead atoms. The van der Waals surface area contributed by atoms with E-state index in [-0.39, 0.29) is 18.2 Å². The summed E-state index contributed by atoms with van der Waals surface area (Å²) in [5.41, 5.74) is 2.22. The highest BCUT2D eigenvalue weighted by Crippen LogP contribution is 2.27. The summed E-state index contributed by atoms with van der Waals surface area (Å²) >= 11 is 1.24. The molecule has 26 heavy (non-hydrogen) atoms. The molecule has 0 saturated heterocycles. The van der Waals surface area contributed by atoms with E-state index >= 15 is 0 Å². The van der Waals surface area contributed by atoms with Gasteiger partial charge in [-0.1, -0.05) is 24.3 Å². The number of hydrogen-bond donors (Lipinski definition) is 1. The van der Waals surface area contributed by atoms with Crippen molar-refractivity contribution in [3.8, 4) is 17.0 Å². The molecule has 8 heteroatoms. The number of hydrogen-bond acceptors (Lipinski definition) is 6. The number of nitro groups is 1. The summed E-state index contributed by atoms with van der Waals surface area (Å²) in [6, 6.07) is 13.6. The van der Waals surface area contributed by atoms with Crippen molar-refractivity contribution in [2.75, 3.05) is 11.9 Å². The second-order valence-electron chi connectivity index (χ2n) is 5.50. The van der Waals surface area contributed by atoms with Crippen molar-refractivity contribution in [3.05, 3.63) is 69.6 Å². The molecule has 0 spiro atoms. The highest BCUT2D eigenvalue weighted by molar-refractivity contribution is 7.14. The van der Waals surface area contributed by atoms with Crippen LogP contribution in [0.5, 0.6) is 5.75 Å². The highest BCUT2D eigenvalue weighted by Gasteiger charge is 2.12. The van der Waals surface area contributed by atoms with Crippen LogP contribution in [0.25, 0.3) is 11.3 Å². The van der Waals surface area contributed by atoms with Crippen LogP contribution >= 0.6 is 11.3 Å². The van der Waals surface area contributed by atoms with Crippen molar-refractivity contribution in [1.29, 1.82) is 0 Å². The third kappa shape index (κ3) is 4.42. The molecule has 2 aromatic carbocycles. The Morgan fingerprint density at radius 2 is 2.08 bits per heavy atom. The Labute approximate surface area is 153 Å². The summed E-state index contributed by atoms with van der Waals surface area (Å²) in [7, 11) is 0. The van der Waals surface area contributed by atoms with Crippen LogP contribution in [-0.4, -0.2) is 22.4 Å². The Kier molecular flexibility index (Phi) is 5.23. The molecule has 1 aromatic heterocycles. The van der Waals surface area contributed by atoms with E-state index in [9.17, 15) is 14.9 Å². The van der Waals surface area contributed by atoms with Gasteiger partial charge < -0.3 is 4.74 Å². The molecular formula is C18H15N3O4S. The average Bonchev–Trinajstić information content (AvgIpc) is 3.08. The number of carbonyl (C=O) groups excluding carboxylic acids is 1. The zero-order valence-electron chi connectivity index (χ0n) is 13.8. The minimum atomic E-state index is -0.457. The molecule has 0 aliphatic carbocycles. The monoisotopic (exact) mass is 369 g/mol. The van der Waals surface area contributed by atoms with E-state index in [0.717, 1.165) is 5.56 Å². The van der Waals surface area contributed by atoms with E-state index in [1.807, 2.05) is 25.1 Å². The van der Waals surface area contributed by atoms with Gasteiger partial charge in [-0.25, -0.2) is 4.98 Å². The third-order valence-electron chi connectivity index (χ3n) is 3.46. The van der Waals surface area contributed by atoms with Crippen LogP contribution in [0, 0.1) is 17.0 Å². The summed E-state index contributed by atoms with van der Waals surface area (Å²) in [4.78, 5) is 26.7. The first-order chi connectivity index (χ1) is 12.5. The first-order valence-electron chi connectivity index (χ1n) is 7.71. The first-order valence-corrected chi connectivity index (χ1v) is 8.59. The number of aryl methyl sites for hydroxylation is 1. The second-order valence-corrected chi connectivity index (χ2v) is 6.36. The lowest BCUT2D eigenvalue weighted by molar-refractivity contribution is -0.384. The molecule has 0 atom stereocenters. The fourth-order valence-corrected chi connectivity index (χ4v) is 2.99. The van der Waals surface area contributed by atoms with Gasteiger partial charge in [0, 0.05) is 23.1 Å². The highest BCUT2D eigenvalue weighted by atomic mass is 32.1. The summed E-state index contributed by atoms with van der Waals surface area (Å²) < 4.78 is 5.44. The van der Waals surface area contributed by atoms with Gasteiger partial charge in [-0.3, -0.25) is 20.2 Å². The van der Waals surface area contributed by atoms with E-state index in [1.54, 1.807) is 23.6 Å². The van der Waals surface area contributed by atoms with Gasteiger partial charge in [-0.15, -0.1) is 11.3 Å². The predicted octanol–water partition coefficient (Wildman–Crippen LogP) is 4.04. The molecule has 7 nitrogen and oxygen atoms in total. The number of carbonyl (C=O) groups is 1. The van der Waals surface area contributed by atoms with E-state index in [1.165, 1.54) is 23.5 Å². The van der Waals surface area contributed by atoms with E-state index < -0.39 is 4.92 Å². The van der Waals surface area contributed by atoms with Crippen LogP contribution in [0.1, 0.15) is 5.56 Å². The van der Waals surface area contributed by atoms with Gasteiger partial charge in [-0.2, -0.15) is 0 Å². The first kappa shape index (κ1) is 17.6. The Balaban J connectivity index is 1.62. The number of benzene rings is 2. The largest absolute Gasteiger partial charge is 0.484 e. The lowest BCUT2D eigenvalue weighted by Gasteiger charge is -2.06. The Hall–Kier alpha value is -3.26. The number of nitrogens with zero attached hydrogens (tertiary/aromatic N) is 2. The van der Waals surface area contributed by atoms with E-state index in [4.69, 9.17) is 4.74 Å². The maximum atomic E-state index is 12.0. The van der Waals surface area contributed by atoms with Gasteiger partial charge >= 0.3 is 0 Å². The fourth-order valence-electron chi connectivity index (χ4n) is 2.25. The Morgan fingerprint density at radius 1 is 1.27 bits per heavy atom. The lowest BCUT2D eigenvalue weighted by atomic mass is 10.1. The molecule has 3 aromatic rings. The minimum Gasteiger partial charge on any atom is -0.484 e. The van der Waals surface area contributed by atoms with Gasteiger partial charge in [0.05, 0.1) is 10.6 Å². The van der Waals surface area contributed by atoms with Crippen LogP contribution in [0.2, 0.25) is 0 Å². The summed E-state index contributed by atoms with van der Waals surface area (Å²) in [6.07, 6.45) is 0. The second kappa shape index (κ2) is 7.75.